The van der Waals surface area contributed by atoms with E-state index < -0.39 is 5.97 Å². The summed E-state index contributed by atoms with van der Waals surface area (Å²) < 4.78 is 6.35. The molecule has 10 heteroatoms. The summed E-state index contributed by atoms with van der Waals surface area (Å²) in [5, 5.41) is 7.77. The summed E-state index contributed by atoms with van der Waals surface area (Å²) in [5.74, 6) is -0.801. The fourth-order valence-corrected chi connectivity index (χ4v) is 5.87. The lowest BCUT2D eigenvalue weighted by atomic mass is 10.2. The SMILES string of the molecule is CCn1c(SCC(=O)Nc2ccccc2C(=O)OC)nc2scc(-c3cccs3)c2c1=O. The number of hydrogen-bond donors (Lipinski definition) is 1. The Morgan fingerprint density at radius 2 is 2.00 bits per heavy atom. The van der Waals surface area contributed by atoms with Crippen LogP contribution in [0.5, 0.6) is 0 Å². The van der Waals surface area contributed by atoms with Gasteiger partial charge in [-0.25, -0.2) is 9.78 Å². The van der Waals surface area contributed by atoms with E-state index >= 15 is 0 Å². The molecule has 0 radical (unpaired) electrons. The Bertz CT molecular complexity index is 1340. The highest BCUT2D eigenvalue weighted by Gasteiger charge is 2.19. The molecule has 3 aromatic heterocycles. The van der Waals surface area contributed by atoms with Gasteiger partial charge in [0.15, 0.2) is 5.16 Å². The zero-order chi connectivity index (χ0) is 22.7. The number of esters is 1. The number of nitrogens with zero attached hydrogens (tertiary/aromatic N) is 2. The van der Waals surface area contributed by atoms with Crippen LogP contribution in [-0.2, 0) is 16.1 Å². The number of thioether (sulfide) groups is 1. The molecule has 7 nitrogen and oxygen atoms in total. The molecule has 0 unspecified atom stereocenters. The van der Waals surface area contributed by atoms with Crippen LogP contribution in [-0.4, -0.2) is 34.3 Å². The number of fused-ring (bicyclic) bond motifs is 1. The summed E-state index contributed by atoms with van der Waals surface area (Å²) >= 11 is 4.19. The first-order valence-electron chi connectivity index (χ1n) is 9.69. The number of methoxy groups -OCH3 is 1. The van der Waals surface area contributed by atoms with Gasteiger partial charge in [0.25, 0.3) is 5.56 Å². The van der Waals surface area contributed by atoms with Gasteiger partial charge < -0.3 is 10.1 Å². The maximum Gasteiger partial charge on any atom is 0.339 e. The van der Waals surface area contributed by atoms with Crippen molar-refractivity contribution in [2.75, 3.05) is 18.2 Å². The third-order valence-corrected chi connectivity index (χ3v) is 7.45. The van der Waals surface area contributed by atoms with Crippen LogP contribution in [0.25, 0.3) is 20.7 Å². The number of hydrogen-bond acceptors (Lipinski definition) is 8. The second-order valence-electron chi connectivity index (χ2n) is 6.62. The molecule has 1 aromatic carbocycles. The van der Waals surface area contributed by atoms with Crippen molar-refractivity contribution < 1.29 is 14.3 Å². The van der Waals surface area contributed by atoms with Crippen molar-refractivity contribution in [1.29, 1.82) is 0 Å². The van der Waals surface area contributed by atoms with Gasteiger partial charge in [0.2, 0.25) is 5.91 Å². The predicted octanol–water partition coefficient (Wildman–Crippen LogP) is 4.72. The summed E-state index contributed by atoms with van der Waals surface area (Å²) in [6, 6.07) is 10.6. The zero-order valence-corrected chi connectivity index (χ0v) is 19.7. The van der Waals surface area contributed by atoms with Crippen LogP contribution in [0.1, 0.15) is 17.3 Å². The number of benzene rings is 1. The Kier molecular flexibility index (Phi) is 6.73. The number of para-hydroxylation sites is 1. The van der Waals surface area contributed by atoms with Crippen molar-refractivity contribution >= 4 is 62.2 Å². The molecule has 3 heterocycles. The molecule has 0 fully saturated rings. The molecule has 4 aromatic rings. The number of rotatable bonds is 7. The summed E-state index contributed by atoms with van der Waals surface area (Å²) in [6.45, 7) is 2.32. The first-order valence-corrected chi connectivity index (χ1v) is 12.4. The first kappa shape index (κ1) is 22.3. The maximum absolute atomic E-state index is 13.2. The van der Waals surface area contributed by atoms with Crippen molar-refractivity contribution in [1.82, 2.24) is 9.55 Å². The number of anilines is 1. The van der Waals surface area contributed by atoms with E-state index in [1.165, 1.54) is 30.2 Å². The van der Waals surface area contributed by atoms with Crippen LogP contribution in [0.2, 0.25) is 0 Å². The summed E-state index contributed by atoms with van der Waals surface area (Å²) in [5.41, 5.74) is 1.44. The topological polar surface area (TPSA) is 90.3 Å². The molecule has 4 rings (SSSR count). The van der Waals surface area contributed by atoms with Gasteiger partial charge in [-0.05, 0) is 30.5 Å². The van der Waals surface area contributed by atoms with Gasteiger partial charge >= 0.3 is 5.97 Å². The molecule has 32 heavy (non-hydrogen) atoms. The smallest absolute Gasteiger partial charge is 0.339 e. The number of nitrogens with one attached hydrogen (secondary N) is 1. The molecule has 0 saturated heterocycles. The number of amides is 1. The lowest BCUT2D eigenvalue weighted by Crippen LogP contribution is -2.23. The summed E-state index contributed by atoms with van der Waals surface area (Å²) in [7, 11) is 1.29. The molecule has 1 N–H and O–H groups in total. The molecule has 0 aliphatic carbocycles. The van der Waals surface area contributed by atoms with Crippen LogP contribution in [0.3, 0.4) is 0 Å². The van der Waals surface area contributed by atoms with Crippen LogP contribution in [0.4, 0.5) is 5.69 Å². The Morgan fingerprint density at radius 3 is 2.72 bits per heavy atom. The number of aromatic nitrogens is 2. The van der Waals surface area contributed by atoms with Gasteiger partial charge in [-0.2, -0.15) is 0 Å². The van der Waals surface area contributed by atoms with E-state index in [1.807, 2.05) is 29.8 Å². The molecule has 0 spiro atoms. The second-order valence-corrected chi connectivity index (χ2v) is 9.37. The standard InChI is InChI=1S/C22H19N3O4S3/c1-3-25-20(27)18-14(16-9-6-10-30-16)11-31-19(18)24-22(25)32-12-17(26)23-15-8-5-4-7-13(15)21(28)29-2/h4-11H,3,12H2,1-2H3,(H,23,26). The molecule has 0 atom stereocenters. The Balaban J connectivity index is 1.57. The van der Waals surface area contributed by atoms with Crippen molar-refractivity contribution in [3.8, 4) is 10.4 Å². The lowest BCUT2D eigenvalue weighted by Gasteiger charge is -2.11. The van der Waals surface area contributed by atoms with E-state index in [9.17, 15) is 14.4 Å². The van der Waals surface area contributed by atoms with Gasteiger partial charge in [0, 0.05) is 22.4 Å². The highest BCUT2D eigenvalue weighted by atomic mass is 32.2. The molecule has 0 saturated carbocycles. The molecule has 0 aliphatic heterocycles. The number of ether oxygens (including phenoxy) is 1. The minimum Gasteiger partial charge on any atom is -0.465 e. The second kappa shape index (κ2) is 9.68. The summed E-state index contributed by atoms with van der Waals surface area (Å²) in [6.07, 6.45) is 0. The van der Waals surface area contributed by atoms with Gasteiger partial charge in [-0.15, -0.1) is 22.7 Å². The molecule has 0 bridgehead atoms. The third-order valence-electron chi connectivity index (χ3n) is 4.70. The van der Waals surface area contributed by atoms with E-state index in [2.05, 4.69) is 10.3 Å². The van der Waals surface area contributed by atoms with Gasteiger partial charge in [0.05, 0.1) is 29.5 Å². The number of thiophene rings is 2. The van der Waals surface area contributed by atoms with Crippen LogP contribution in [0.15, 0.2) is 57.1 Å². The zero-order valence-electron chi connectivity index (χ0n) is 17.3. The normalized spacial score (nSPS) is 10.9. The summed E-state index contributed by atoms with van der Waals surface area (Å²) in [4.78, 5) is 44.0. The van der Waals surface area contributed by atoms with E-state index in [-0.39, 0.29) is 22.8 Å². The molecule has 0 aliphatic rings. The van der Waals surface area contributed by atoms with Crippen LogP contribution >= 0.6 is 34.4 Å². The number of carbonyl (C=O) groups excluding carboxylic acids is 2. The predicted molar refractivity (Wildman–Crippen MR) is 130 cm³/mol. The van der Waals surface area contributed by atoms with Gasteiger partial charge in [-0.1, -0.05) is 30.0 Å². The van der Waals surface area contributed by atoms with E-state index in [1.54, 1.807) is 40.2 Å². The Labute approximate surface area is 196 Å². The molecule has 164 valence electrons. The average molecular weight is 486 g/mol. The molecular weight excluding hydrogens is 466 g/mol. The Hall–Kier alpha value is -2.95. The number of carbonyl (C=O) groups is 2. The van der Waals surface area contributed by atoms with Crippen molar-refractivity contribution in [2.45, 2.75) is 18.6 Å². The van der Waals surface area contributed by atoms with Gasteiger partial charge in [-0.3, -0.25) is 14.2 Å². The average Bonchev–Trinajstić information content (AvgIpc) is 3.47. The van der Waals surface area contributed by atoms with Crippen LogP contribution < -0.4 is 10.9 Å². The van der Waals surface area contributed by atoms with Crippen molar-refractivity contribution in [2.24, 2.45) is 0 Å². The quantitative estimate of drug-likeness (QED) is 0.231. The van der Waals surface area contributed by atoms with E-state index in [0.717, 1.165) is 10.4 Å². The van der Waals surface area contributed by atoms with E-state index in [4.69, 9.17) is 4.74 Å². The highest BCUT2D eigenvalue weighted by molar-refractivity contribution is 7.99. The third kappa shape index (κ3) is 4.34. The molecular formula is C22H19N3O4S3. The highest BCUT2D eigenvalue weighted by Crippen LogP contribution is 2.34. The minimum atomic E-state index is -0.528. The van der Waals surface area contributed by atoms with Crippen LogP contribution in [0, 0.1) is 0 Å². The minimum absolute atomic E-state index is 0.0383. The van der Waals surface area contributed by atoms with Gasteiger partial charge in [0.1, 0.15) is 4.83 Å². The largest absolute Gasteiger partial charge is 0.465 e. The van der Waals surface area contributed by atoms with Crippen molar-refractivity contribution in [3.05, 3.63) is 63.1 Å². The first-order chi connectivity index (χ1) is 15.5. The molecule has 1 amide bonds. The Morgan fingerprint density at radius 1 is 1.19 bits per heavy atom. The van der Waals surface area contributed by atoms with Crippen molar-refractivity contribution in [3.63, 3.8) is 0 Å². The van der Waals surface area contributed by atoms with E-state index in [0.29, 0.717) is 27.6 Å². The fourth-order valence-electron chi connectivity index (χ4n) is 3.20. The monoisotopic (exact) mass is 485 g/mol. The fraction of sp³-hybridized carbons (Fsp3) is 0.182. The lowest BCUT2D eigenvalue weighted by molar-refractivity contribution is -0.113. The maximum atomic E-state index is 13.2.